The molecule has 2 N–H and O–H groups in total. The second-order valence-corrected chi connectivity index (χ2v) is 19.4. The number of alkyl carbamates (subject to hydrolysis) is 1. The summed E-state index contributed by atoms with van der Waals surface area (Å²) in [6, 6.07) is 2.48. The number of halogens is 1. The topological polar surface area (TPSA) is 202 Å². The van der Waals surface area contributed by atoms with E-state index in [4.69, 9.17) is 30.5 Å². The minimum atomic E-state index is -1.66. The number of Topliss-reactive ketones (excluding diaryl/α,β-unsaturated/α-hetero) is 1. The van der Waals surface area contributed by atoms with Gasteiger partial charge in [-0.25, -0.2) is 9.59 Å². The number of benzene rings is 1. The average molecular weight is 932 g/mol. The van der Waals surface area contributed by atoms with Gasteiger partial charge in [0.1, 0.15) is 46.1 Å². The Morgan fingerprint density at radius 1 is 1.09 bits per heavy atom. The van der Waals surface area contributed by atoms with Gasteiger partial charge in [-0.15, -0.1) is 11.8 Å². The molecule has 4 heterocycles. The van der Waals surface area contributed by atoms with Gasteiger partial charge in [0, 0.05) is 63.9 Å². The number of fused-ring (bicyclic) bond motifs is 5. The Morgan fingerprint density at radius 2 is 1.81 bits per heavy atom. The molecule has 5 rings (SSSR count). The number of likely N-dealkylation sites (N-methyl/N-ethyl adjacent to an activating group) is 1. The van der Waals surface area contributed by atoms with Crippen molar-refractivity contribution in [2.45, 2.75) is 140 Å². The normalized spacial score (nSPS) is 30.3. The zero-order valence-corrected chi connectivity index (χ0v) is 39.8. The van der Waals surface area contributed by atoms with Crippen LogP contribution < -0.4 is 15.0 Å². The number of aliphatic hydroxyl groups is 1. The van der Waals surface area contributed by atoms with E-state index in [-0.39, 0.29) is 54.1 Å². The Bertz CT molecular complexity index is 2050. The number of carbonyl (C=O) groups is 7. The lowest BCUT2D eigenvalue weighted by molar-refractivity contribution is -0.162. The molecule has 3 saturated heterocycles. The summed E-state index contributed by atoms with van der Waals surface area (Å²) in [5, 5.41) is 13.9. The average Bonchev–Trinajstić information content (AvgIpc) is 3.86. The van der Waals surface area contributed by atoms with Crippen molar-refractivity contribution in [1.29, 1.82) is 0 Å². The summed E-state index contributed by atoms with van der Waals surface area (Å²) in [5.74, 6) is -2.58. The number of thioether (sulfide) groups is 1. The number of esters is 1. The number of hydrogen-bond donors (Lipinski definition) is 2. The first kappa shape index (κ1) is 50.5. The maximum atomic E-state index is 14.3. The molecule has 9 atom stereocenters. The maximum Gasteiger partial charge on any atom is 0.409 e. The zero-order valence-electron chi connectivity index (χ0n) is 38.3. The molecule has 4 bridgehead atoms. The van der Waals surface area contributed by atoms with E-state index in [1.165, 1.54) is 54.5 Å². The van der Waals surface area contributed by atoms with Crippen LogP contribution in [-0.2, 0) is 49.4 Å². The number of epoxide rings is 1. The monoisotopic (exact) mass is 930 g/mol. The van der Waals surface area contributed by atoms with Crippen LogP contribution in [0.1, 0.15) is 98.5 Å². The summed E-state index contributed by atoms with van der Waals surface area (Å²) >= 11 is 8.01. The van der Waals surface area contributed by atoms with Crippen LogP contribution in [-0.4, -0.2) is 131 Å². The summed E-state index contributed by atoms with van der Waals surface area (Å²) in [6.07, 6.45) is 4.69. The Morgan fingerprint density at radius 3 is 2.50 bits per heavy atom. The Kier molecular flexibility index (Phi) is 16.8. The number of hydrogen-bond acceptors (Lipinski definition) is 13. The number of carbonyl (C=O) groups excluding carboxylic acids is 7. The van der Waals surface area contributed by atoms with E-state index < -0.39 is 76.6 Å². The van der Waals surface area contributed by atoms with Crippen LogP contribution in [0.4, 0.5) is 10.5 Å². The minimum Gasteiger partial charge on any atom is -0.495 e. The highest BCUT2D eigenvalue weighted by molar-refractivity contribution is 8.00. The van der Waals surface area contributed by atoms with Gasteiger partial charge in [-0.05, 0) is 64.7 Å². The number of methoxy groups -OCH3 is 1. The van der Waals surface area contributed by atoms with Crippen LogP contribution in [0.5, 0.6) is 5.75 Å². The summed E-state index contributed by atoms with van der Waals surface area (Å²) in [5.41, 5.74) is -0.791. The van der Waals surface area contributed by atoms with Gasteiger partial charge in [-0.1, -0.05) is 55.7 Å². The van der Waals surface area contributed by atoms with Gasteiger partial charge in [0.05, 0.1) is 30.6 Å². The number of likely N-dealkylation sites (tertiary alicyclic amines) is 1. The highest BCUT2D eigenvalue weighted by Gasteiger charge is 2.64. The molecule has 0 aliphatic carbocycles. The first-order valence-corrected chi connectivity index (χ1v) is 23.3. The first-order chi connectivity index (χ1) is 30.1. The number of rotatable bonds is 14. The van der Waals surface area contributed by atoms with Crippen LogP contribution in [0, 0.1) is 11.8 Å². The second-order valence-electron chi connectivity index (χ2n) is 17.7. The van der Waals surface area contributed by atoms with Crippen molar-refractivity contribution in [3.8, 4) is 5.75 Å². The lowest BCUT2D eigenvalue weighted by Gasteiger charge is -2.41. The van der Waals surface area contributed by atoms with Gasteiger partial charge in [-0.3, -0.25) is 29.4 Å². The molecule has 18 heteroatoms. The first-order valence-electron chi connectivity index (χ1n) is 21.9. The molecule has 1 aromatic rings. The van der Waals surface area contributed by atoms with Crippen molar-refractivity contribution >= 4 is 70.5 Å². The molecule has 0 radical (unpaired) electrons. The predicted octanol–water partition coefficient (Wildman–Crippen LogP) is 5.54. The van der Waals surface area contributed by atoms with Crippen LogP contribution in [0.25, 0.3) is 0 Å². The second kappa shape index (κ2) is 21.2. The van der Waals surface area contributed by atoms with Crippen molar-refractivity contribution in [2.24, 2.45) is 11.8 Å². The van der Waals surface area contributed by atoms with Gasteiger partial charge in [-0.2, -0.15) is 0 Å². The fourth-order valence-electron chi connectivity index (χ4n) is 8.43. The summed E-state index contributed by atoms with van der Waals surface area (Å²) < 4.78 is 23.7. The molecule has 5 amide bonds. The number of nitrogens with zero attached hydrogens (tertiary/aromatic N) is 3. The molecule has 0 spiro atoms. The third-order valence-corrected chi connectivity index (χ3v) is 14.5. The number of allylic oxidation sites excluding steroid dienone is 3. The fraction of sp³-hybridized carbons (Fsp3) is 0.630. The van der Waals surface area contributed by atoms with Crippen LogP contribution in [0.15, 0.2) is 35.9 Å². The van der Waals surface area contributed by atoms with E-state index in [2.05, 4.69) is 5.32 Å². The number of anilines is 1. The van der Waals surface area contributed by atoms with Crippen molar-refractivity contribution in [3.63, 3.8) is 0 Å². The number of imide groups is 1. The largest absolute Gasteiger partial charge is 0.495 e. The quantitative estimate of drug-likeness (QED) is 0.102. The van der Waals surface area contributed by atoms with Crippen LogP contribution >= 0.6 is 23.4 Å². The zero-order chi connectivity index (χ0) is 47.3. The molecule has 64 heavy (non-hydrogen) atoms. The molecule has 1 aromatic carbocycles. The molecule has 0 saturated carbocycles. The van der Waals surface area contributed by atoms with E-state index in [0.29, 0.717) is 43.7 Å². The predicted molar refractivity (Wildman–Crippen MR) is 241 cm³/mol. The van der Waals surface area contributed by atoms with E-state index >= 15 is 0 Å². The molecule has 4 aliphatic rings. The lowest BCUT2D eigenvalue weighted by Crippen LogP contribution is -2.60. The summed E-state index contributed by atoms with van der Waals surface area (Å²) in [4.78, 5) is 95.3. The van der Waals surface area contributed by atoms with Crippen molar-refractivity contribution in [3.05, 3.63) is 46.5 Å². The van der Waals surface area contributed by atoms with E-state index in [9.17, 15) is 38.7 Å². The molecule has 4 aliphatic heterocycles. The fourth-order valence-corrected chi connectivity index (χ4v) is 9.85. The SMILES string of the molecule is COc1cc2cc(c1Cl)N(C)C(=O)C[C@H](OC(=O)[C@H](C)N(C)C(=O)CCSC1CC(=O)N(CCCCCC(C)=O)C1=O)[C@]1(C)O[C@H]1[C@H](C)[C@@H]1C[C@@](O)(NC(=O)O1)[C@H](C)/C=C/C=C(\C)C2. The Labute approximate surface area is 384 Å². The summed E-state index contributed by atoms with van der Waals surface area (Å²) in [7, 11) is 4.50. The Balaban J connectivity index is 1.32. The van der Waals surface area contributed by atoms with Gasteiger partial charge in [0.15, 0.2) is 0 Å². The standard InChI is InChI=1S/C46H63ClN4O12S/c1-26-14-13-15-27(2)46(59)25-34(61-44(58)48-46)29(4)41-45(6,63-41)36(24-38(54)50(8)32-21-31(20-26)22-33(60-9)40(32)47)62-43(57)30(5)49(7)37(53)17-19-64-35-23-39(55)51(42(35)56)18-12-10-11-16-28(3)52/h13-15,21-22,27,29-30,34-36,41,59H,10-12,16-20,23-25H2,1-9H3,(H,48,58)/b15-13+,26-14+/t27-,29-,30+,34+,35?,36+,41+,45+,46+/m1/s1. The van der Waals surface area contributed by atoms with Crippen LogP contribution in [0.2, 0.25) is 5.02 Å². The molecular weight excluding hydrogens is 868 g/mol. The van der Waals surface area contributed by atoms with E-state index in [1.54, 1.807) is 46.0 Å². The number of ketones is 1. The number of unbranched alkanes of at least 4 members (excludes halogenated alkanes) is 2. The third kappa shape index (κ3) is 11.9. The van der Waals surface area contributed by atoms with E-state index in [0.717, 1.165) is 17.6 Å². The third-order valence-electron chi connectivity index (χ3n) is 12.9. The van der Waals surface area contributed by atoms with Gasteiger partial charge in [0.25, 0.3) is 0 Å². The molecule has 0 aromatic heterocycles. The molecule has 16 nitrogen and oxygen atoms in total. The minimum absolute atomic E-state index is 0.0230. The van der Waals surface area contributed by atoms with Crippen molar-refractivity contribution in [2.75, 3.05) is 38.4 Å². The summed E-state index contributed by atoms with van der Waals surface area (Å²) in [6.45, 7) is 10.6. The molecular formula is C46H63ClN4O12S. The van der Waals surface area contributed by atoms with Crippen LogP contribution in [0.3, 0.4) is 0 Å². The van der Waals surface area contributed by atoms with Crippen molar-refractivity contribution < 1.29 is 57.6 Å². The highest BCUT2D eigenvalue weighted by Crippen LogP contribution is 2.49. The van der Waals surface area contributed by atoms with Gasteiger partial charge < -0.3 is 38.6 Å². The van der Waals surface area contributed by atoms with E-state index in [1.807, 2.05) is 19.1 Å². The molecule has 352 valence electrons. The molecule has 3 fully saturated rings. The smallest absolute Gasteiger partial charge is 0.409 e. The molecule has 1 unspecified atom stereocenters. The lowest BCUT2D eigenvalue weighted by atomic mass is 9.82. The Hall–Kier alpha value is -4.45. The maximum absolute atomic E-state index is 14.3. The number of nitrogens with one attached hydrogen (secondary N) is 1. The number of amides is 5. The van der Waals surface area contributed by atoms with Gasteiger partial charge in [0.2, 0.25) is 23.6 Å². The van der Waals surface area contributed by atoms with Gasteiger partial charge >= 0.3 is 12.1 Å². The highest BCUT2D eigenvalue weighted by atomic mass is 35.5. The van der Waals surface area contributed by atoms with Crippen molar-refractivity contribution in [1.82, 2.24) is 15.1 Å². The number of ether oxygens (including phenoxy) is 4.